The van der Waals surface area contributed by atoms with Crippen molar-refractivity contribution < 1.29 is 4.39 Å². The van der Waals surface area contributed by atoms with E-state index in [9.17, 15) is 4.39 Å². The van der Waals surface area contributed by atoms with Gasteiger partial charge in [0.05, 0.1) is 10.7 Å². The highest BCUT2D eigenvalue weighted by Crippen LogP contribution is 2.18. The Labute approximate surface area is 77.7 Å². The van der Waals surface area contributed by atoms with Crippen molar-refractivity contribution in [1.82, 2.24) is 4.98 Å². The molecule has 0 fully saturated rings. The topological polar surface area (TPSA) is 12.9 Å². The Balaban J connectivity index is 2.81. The fraction of sp³-hybridized carbons (Fsp3) is 0.286. The molecule has 1 aromatic rings. The van der Waals surface area contributed by atoms with E-state index in [1.165, 1.54) is 6.20 Å². The van der Waals surface area contributed by atoms with Gasteiger partial charge < -0.3 is 0 Å². The molecule has 4 heteroatoms. The summed E-state index contributed by atoms with van der Waals surface area (Å²) in [5.74, 6) is 0. The second-order valence-electron chi connectivity index (χ2n) is 2.02. The summed E-state index contributed by atoms with van der Waals surface area (Å²) < 4.78 is 12.8. The van der Waals surface area contributed by atoms with E-state index in [0.717, 1.165) is 0 Å². The molecule has 0 radical (unpaired) electrons. The molecule has 1 heterocycles. The predicted octanol–water partition coefficient (Wildman–Crippen LogP) is 3.14. The zero-order valence-electron chi connectivity index (χ0n) is 5.60. The van der Waals surface area contributed by atoms with Gasteiger partial charge >= 0.3 is 0 Å². The van der Waals surface area contributed by atoms with E-state index in [1.54, 1.807) is 12.1 Å². The largest absolute Gasteiger partial charge is 0.257 e. The van der Waals surface area contributed by atoms with Crippen molar-refractivity contribution >= 4 is 27.5 Å². The monoisotopic (exact) mass is 237 g/mol. The Hall–Kier alpha value is -0.150. The zero-order valence-corrected chi connectivity index (χ0v) is 7.94. The van der Waals surface area contributed by atoms with Gasteiger partial charge in [0.2, 0.25) is 0 Å². The number of pyridine rings is 1. The Morgan fingerprint density at radius 1 is 1.64 bits per heavy atom. The molecule has 0 spiro atoms. The summed E-state index contributed by atoms with van der Waals surface area (Å²) in [6, 6.07) is 3.20. The van der Waals surface area contributed by atoms with Gasteiger partial charge in [-0.1, -0.05) is 27.5 Å². The summed E-state index contributed by atoms with van der Waals surface area (Å²) in [7, 11) is 0. The molecule has 0 saturated heterocycles. The summed E-state index contributed by atoms with van der Waals surface area (Å²) >= 11 is 8.58. The minimum absolute atomic E-state index is 0.266. The average Bonchev–Trinajstić information content (AvgIpc) is 2.05. The van der Waals surface area contributed by atoms with Gasteiger partial charge in [0.15, 0.2) is 6.17 Å². The molecule has 0 aliphatic rings. The number of aromatic nitrogens is 1. The predicted molar refractivity (Wildman–Crippen MR) is 46.9 cm³/mol. The fourth-order valence-corrected chi connectivity index (χ4v) is 1.10. The maximum absolute atomic E-state index is 12.8. The minimum Gasteiger partial charge on any atom is -0.257 e. The van der Waals surface area contributed by atoms with Crippen molar-refractivity contribution in [2.75, 3.05) is 5.33 Å². The van der Waals surface area contributed by atoms with Crippen LogP contribution in [0.1, 0.15) is 11.9 Å². The first kappa shape index (κ1) is 8.94. The number of hydrogen-bond donors (Lipinski definition) is 0. The van der Waals surface area contributed by atoms with Crippen molar-refractivity contribution in [3.8, 4) is 0 Å². The highest BCUT2D eigenvalue weighted by atomic mass is 79.9. The van der Waals surface area contributed by atoms with Gasteiger partial charge in [-0.25, -0.2) is 4.39 Å². The van der Waals surface area contributed by atoms with Crippen molar-refractivity contribution in [1.29, 1.82) is 0 Å². The van der Waals surface area contributed by atoms with Gasteiger partial charge in [0, 0.05) is 11.5 Å². The Kier molecular flexibility index (Phi) is 3.27. The van der Waals surface area contributed by atoms with E-state index in [-0.39, 0.29) is 5.33 Å². The molecular formula is C7H6BrClFN. The maximum atomic E-state index is 12.8. The number of nitrogens with zero attached hydrogens (tertiary/aromatic N) is 1. The lowest BCUT2D eigenvalue weighted by molar-refractivity contribution is 0.374. The highest BCUT2D eigenvalue weighted by molar-refractivity contribution is 9.09. The fourth-order valence-electron chi connectivity index (χ4n) is 0.652. The molecule has 0 aromatic carbocycles. The van der Waals surface area contributed by atoms with Crippen LogP contribution in [0.5, 0.6) is 0 Å². The van der Waals surface area contributed by atoms with Crippen LogP contribution in [-0.2, 0) is 0 Å². The number of halogens is 3. The first-order chi connectivity index (χ1) is 5.24. The molecule has 0 aliphatic heterocycles. The molecule has 1 rings (SSSR count). The minimum atomic E-state index is -1.05. The molecule has 1 unspecified atom stereocenters. The lowest BCUT2D eigenvalue weighted by Gasteiger charge is -2.01. The molecule has 0 aliphatic carbocycles. The van der Waals surface area contributed by atoms with Crippen LogP contribution in [0.3, 0.4) is 0 Å². The molecule has 1 aromatic heterocycles. The van der Waals surface area contributed by atoms with E-state index >= 15 is 0 Å². The molecule has 0 amide bonds. The van der Waals surface area contributed by atoms with E-state index in [4.69, 9.17) is 11.6 Å². The first-order valence-electron chi connectivity index (χ1n) is 3.05. The molecule has 11 heavy (non-hydrogen) atoms. The molecule has 0 saturated carbocycles. The van der Waals surface area contributed by atoms with E-state index in [2.05, 4.69) is 20.9 Å². The number of hydrogen-bond acceptors (Lipinski definition) is 1. The van der Waals surface area contributed by atoms with E-state index in [0.29, 0.717) is 10.7 Å². The third-order valence-electron chi connectivity index (χ3n) is 1.21. The summed E-state index contributed by atoms with van der Waals surface area (Å²) in [5, 5.41) is 0.789. The van der Waals surface area contributed by atoms with Crippen LogP contribution < -0.4 is 0 Å². The van der Waals surface area contributed by atoms with Crippen LogP contribution in [0.4, 0.5) is 4.39 Å². The maximum Gasteiger partial charge on any atom is 0.151 e. The standard InChI is InChI=1S/C7H6BrClFN/c8-3-6(10)7-2-1-5(9)4-11-7/h1-2,4,6H,3H2. The summed E-state index contributed by atoms with van der Waals surface area (Å²) in [5.41, 5.74) is 0.409. The zero-order chi connectivity index (χ0) is 8.27. The highest BCUT2D eigenvalue weighted by Gasteiger charge is 2.07. The third kappa shape index (κ3) is 2.42. The van der Waals surface area contributed by atoms with Gasteiger partial charge in [-0.2, -0.15) is 0 Å². The second kappa shape index (κ2) is 4.02. The Morgan fingerprint density at radius 3 is 2.82 bits per heavy atom. The molecule has 0 bridgehead atoms. The van der Waals surface area contributed by atoms with Gasteiger partial charge in [0.1, 0.15) is 0 Å². The summed E-state index contributed by atoms with van der Waals surface area (Å²) in [6.45, 7) is 0. The second-order valence-corrected chi connectivity index (χ2v) is 3.11. The summed E-state index contributed by atoms with van der Waals surface area (Å²) in [4.78, 5) is 3.81. The van der Waals surface area contributed by atoms with Crippen LogP contribution >= 0.6 is 27.5 Å². The summed E-state index contributed by atoms with van der Waals surface area (Å²) in [6.07, 6.45) is 0.388. The normalized spacial score (nSPS) is 13.0. The van der Waals surface area contributed by atoms with E-state index in [1.807, 2.05) is 0 Å². The van der Waals surface area contributed by atoms with Gasteiger partial charge in [-0.15, -0.1) is 0 Å². The van der Waals surface area contributed by atoms with Crippen LogP contribution in [0.15, 0.2) is 18.3 Å². The SMILES string of the molecule is FC(CBr)c1ccc(Cl)cn1. The van der Waals surface area contributed by atoms with Gasteiger partial charge in [-0.05, 0) is 12.1 Å². The molecule has 1 nitrogen and oxygen atoms in total. The van der Waals surface area contributed by atoms with Gasteiger partial charge in [0.25, 0.3) is 0 Å². The van der Waals surface area contributed by atoms with Crippen LogP contribution in [0.2, 0.25) is 5.02 Å². The van der Waals surface area contributed by atoms with Crippen LogP contribution in [0, 0.1) is 0 Å². The van der Waals surface area contributed by atoms with E-state index < -0.39 is 6.17 Å². The lowest BCUT2D eigenvalue weighted by atomic mass is 10.3. The Morgan fingerprint density at radius 2 is 2.36 bits per heavy atom. The first-order valence-corrected chi connectivity index (χ1v) is 4.55. The lowest BCUT2D eigenvalue weighted by Crippen LogP contribution is -1.95. The van der Waals surface area contributed by atoms with Gasteiger partial charge in [-0.3, -0.25) is 4.98 Å². The van der Waals surface area contributed by atoms with Crippen LogP contribution in [-0.4, -0.2) is 10.3 Å². The van der Waals surface area contributed by atoms with Crippen molar-refractivity contribution in [3.63, 3.8) is 0 Å². The van der Waals surface area contributed by atoms with Crippen molar-refractivity contribution in [2.45, 2.75) is 6.17 Å². The molecular weight excluding hydrogens is 232 g/mol. The third-order valence-corrected chi connectivity index (χ3v) is 2.00. The smallest absolute Gasteiger partial charge is 0.151 e. The van der Waals surface area contributed by atoms with Crippen molar-refractivity contribution in [3.05, 3.63) is 29.0 Å². The molecule has 60 valence electrons. The van der Waals surface area contributed by atoms with Crippen LogP contribution in [0.25, 0.3) is 0 Å². The number of rotatable bonds is 2. The number of alkyl halides is 2. The quantitative estimate of drug-likeness (QED) is 0.721. The van der Waals surface area contributed by atoms with Crippen molar-refractivity contribution in [2.24, 2.45) is 0 Å². The molecule has 0 N–H and O–H groups in total. The average molecular weight is 238 g/mol. The Bertz CT molecular complexity index is 226. The molecule has 1 atom stereocenters.